The second-order valence-corrected chi connectivity index (χ2v) is 7.60. The van der Waals surface area contributed by atoms with Crippen molar-refractivity contribution in [3.05, 3.63) is 64.4 Å². The maximum absolute atomic E-state index is 13.5. The van der Waals surface area contributed by atoms with Crippen molar-refractivity contribution in [2.24, 2.45) is 7.05 Å². The molecule has 3 rings (SSSR count). The largest absolute Gasteiger partial charge is 0.387 e. The molecule has 2 heterocycles. The van der Waals surface area contributed by atoms with Gasteiger partial charge in [-0.25, -0.2) is 4.39 Å². The van der Waals surface area contributed by atoms with Gasteiger partial charge in [0.05, 0.1) is 17.3 Å². The number of carbonyl (C=O) groups is 3. The first-order chi connectivity index (χ1) is 14.1. The van der Waals surface area contributed by atoms with E-state index in [0.29, 0.717) is 41.0 Å². The van der Waals surface area contributed by atoms with Crippen LogP contribution < -0.4 is 16.0 Å². The number of nitrogens with one attached hydrogen (secondary N) is 3. The molecule has 1 saturated heterocycles. The van der Waals surface area contributed by atoms with Gasteiger partial charge in [0.2, 0.25) is 0 Å². The topological polar surface area (TPSA) is 92.2 Å². The fourth-order valence-corrected chi connectivity index (χ4v) is 3.72. The Labute approximate surface area is 174 Å². The smallest absolute Gasteiger partial charge is 0.294 e. The number of anilines is 1. The number of ketones is 1. The Morgan fingerprint density at radius 1 is 1.23 bits per heavy atom. The fraction of sp³-hybridized carbons (Fsp3) is 0.318. The van der Waals surface area contributed by atoms with Crippen LogP contribution in [0.2, 0.25) is 0 Å². The number of nitrogens with zero attached hydrogens (tertiary/aromatic N) is 1. The molecule has 158 valence electrons. The lowest BCUT2D eigenvalue weighted by Crippen LogP contribution is -2.41. The molecule has 3 N–H and O–H groups in total. The van der Waals surface area contributed by atoms with E-state index in [-0.39, 0.29) is 17.6 Å². The summed E-state index contributed by atoms with van der Waals surface area (Å²) in [6, 6.07) is 4.09. The van der Waals surface area contributed by atoms with E-state index >= 15 is 0 Å². The molecule has 0 bridgehead atoms. The Balaban J connectivity index is 1.84. The summed E-state index contributed by atoms with van der Waals surface area (Å²) in [5.41, 5.74) is 3.11. The van der Waals surface area contributed by atoms with Crippen LogP contribution in [0.3, 0.4) is 0 Å². The van der Waals surface area contributed by atoms with Gasteiger partial charge in [-0.2, -0.15) is 0 Å². The van der Waals surface area contributed by atoms with E-state index in [2.05, 4.69) is 22.5 Å². The second kappa shape index (κ2) is 8.14. The van der Waals surface area contributed by atoms with Crippen LogP contribution in [0.25, 0.3) is 0 Å². The van der Waals surface area contributed by atoms with Crippen LogP contribution in [0, 0.1) is 26.6 Å². The summed E-state index contributed by atoms with van der Waals surface area (Å²) in [6.07, 6.45) is 0.564. The highest BCUT2D eigenvalue weighted by Crippen LogP contribution is 2.24. The number of amides is 2. The summed E-state index contributed by atoms with van der Waals surface area (Å²) in [4.78, 5) is 38.2. The normalized spacial score (nSPS) is 15.6. The van der Waals surface area contributed by atoms with E-state index < -0.39 is 17.6 Å². The van der Waals surface area contributed by atoms with E-state index in [4.69, 9.17) is 0 Å². The average Bonchev–Trinajstić information content (AvgIpc) is 3.18. The Morgan fingerprint density at radius 2 is 1.93 bits per heavy atom. The van der Waals surface area contributed by atoms with Gasteiger partial charge in [-0.05, 0) is 50.1 Å². The third-order valence-electron chi connectivity index (χ3n) is 5.42. The quantitative estimate of drug-likeness (QED) is 0.520. The summed E-state index contributed by atoms with van der Waals surface area (Å²) in [5, 5.41) is 8.47. The van der Waals surface area contributed by atoms with Gasteiger partial charge in [0.15, 0.2) is 0 Å². The first kappa shape index (κ1) is 21.3. The highest BCUT2D eigenvalue weighted by atomic mass is 19.1. The van der Waals surface area contributed by atoms with Gasteiger partial charge in [-0.15, -0.1) is 0 Å². The molecule has 1 aliphatic heterocycles. The number of halogens is 1. The number of carbonyl (C=O) groups excluding carboxylic acids is 3. The van der Waals surface area contributed by atoms with Crippen LogP contribution in [0.5, 0.6) is 0 Å². The van der Waals surface area contributed by atoms with E-state index in [1.54, 1.807) is 32.4 Å². The molecular weight excluding hydrogens is 387 g/mol. The molecule has 1 atom stereocenters. The van der Waals surface area contributed by atoms with Crippen molar-refractivity contribution in [1.29, 1.82) is 0 Å². The van der Waals surface area contributed by atoms with Crippen molar-refractivity contribution >= 4 is 23.3 Å². The van der Waals surface area contributed by atoms with Gasteiger partial charge < -0.3 is 20.5 Å². The van der Waals surface area contributed by atoms with Crippen molar-refractivity contribution in [3.63, 3.8) is 0 Å². The SMILES string of the molecule is C=C1C[C@@H](NC(=O)C(=O)c2c(C)c(C(=O)Nc3ccc(F)c(C)c3)c(C)n2C)CN1. The van der Waals surface area contributed by atoms with Crippen LogP contribution >= 0.6 is 0 Å². The predicted octanol–water partition coefficient (Wildman–Crippen LogP) is 2.52. The van der Waals surface area contributed by atoms with Crippen molar-refractivity contribution in [2.75, 3.05) is 11.9 Å². The van der Waals surface area contributed by atoms with Crippen LogP contribution in [-0.2, 0) is 11.8 Å². The van der Waals surface area contributed by atoms with Crippen LogP contribution in [0.4, 0.5) is 10.1 Å². The molecule has 7 nitrogen and oxygen atoms in total. The van der Waals surface area contributed by atoms with Crippen molar-refractivity contribution in [2.45, 2.75) is 33.2 Å². The highest BCUT2D eigenvalue weighted by molar-refractivity contribution is 6.43. The summed E-state index contributed by atoms with van der Waals surface area (Å²) in [7, 11) is 1.64. The first-order valence-corrected chi connectivity index (χ1v) is 9.60. The number of Topliss-reactive ketones (excluding diaryl/α,β-unsaturated/α-hetero) is 1. The summed E-state index contributed by atoms with van der Waals surface area (Å²) >= 11 is 0. The molecule has 30 heavy (non-hydrogen) atoms. The monoisotopic (exact) mass is 412 g/mol. The predicted molar refractivity (Wildman–Crippen MR) is 112 cm³/mol. The highest BCUT2D eigenvalue weighted by Gasteiger charge is 2.30. The summed E-state index contributed by atoms with van der Waals surface area (Å²) in [5.74, 6) is -2.21. The van der Waals surface area contributed by atoms with Gasteiger partial charge >= 0.3 is 0 Å². The van der Waals surface area contributed by atoms with Gasteiger partial charge in [-0.3, -0.25) is 14.4 Å². The van der Waals surface area contributed by atoms with Gasteiger partial charge in [-0.1, -0.05) is 6.58 Å². The number of hydrogen-bond acceptors (Lipinski definition) is 4. The number of aromatic nitrogens is 1. The minimum absolute atomic E-state index is 0.162. The Kier molecular flexibility index (Phi) is 5.78. The maximum Gasteiger partial charge on any atom is 0.294 e. The van der Waals surface area contributed by atoms with Crippen LogP contribution in [0.1, 0.15) is 44.1 Å². The lowest BCUT2D eigenvalue weighted by Gasteiger charge is -2.11. The minimum atomic E-state index is -0.721. The number of benzene rings is 1. The molecular formula is C22H25FN4O3. The molecule has 1 fully saturated rings. The number of rotatable bonds is 5. The van der Waals surface area contributed by atoms with Crippen molar-refractivity contribution in [3.8, 4) is 0 Å². The molecule has 2 amide bonds. The molecule has 0 saturated carbocycles. The molecule has 1 aromatic heterocycles. The molecule has 1 aromatic carbocycles. The van der Waals surface area contributed by atoms with Crippen LogP contribution in [-0.4, -0.2) is 34.8 Å². The Morgan fingerprint density at radius 3 is 2.53 bits per heavy atom. The minimum Gasteiger partial charge on any atom is -0.387 e. The summed E-state index contributed by atoms with van der Waals surface area (Å²) < 4.78 is 15.0. The fourth-order valence-electron chi connectivity index (χ4n) is 3.72. The molecule has 8 heteroatoms. The third-order valence-corrected chi connectivity index (χ3v) is 5.42. The molecule has 2 aromatic rings. The number of hydrogen-bond donors (Lipinski definition) is 3. The van der Waals surface area contributed by atoms with E-state index in [1.165, 1.54) is 18.2 Å². The van der Waals surface area contributed by atoms with E-state index in [1.807, 2.05) is 0 Å². The first-order valence-electron chi connectivity index (χ1n) is 9.60. The summed E-state index contributed by atoms with van der Waals surface area (Å²) in [6.45, 7) is 9.27. The molecule has 0 spiro atoms. The average molecular weight is 412 g/mol. The Bertz CT molecular complexity index is 1070. The van der Waals surface area contributed by atoms with Gasteiger partial charge in [0, 0.05) is 37.1 Å². The number of aryl methyl sites for hydroxylation is 1. The lowest BCUT2D eigenvalue weighted by atomic mass is 10.1. The van der Waals surface area contributed by atoms with Gasteiger partial charge in [0.25, 0.3) is 17.6 Å². The zero-order valence-electron chi connectivity index (χ0n) is 17.5. The maximum atomic E-state index is 13.5. The van der Waals surface area contributed by atoms with E-state index in [9.17, 15) is 18.8 Å². The van der Waals surface area contributed by atoms with Crippen molar-refractivity contribution in [1.82, 2.24) is 15.2 Å². The standard InChI is InChI=1S/C22H25FN4O3/c1-11-8-15(6-7-17(11)23)25-21(29)18-13(3)19(27(5)14(18)4)20(28)22(30)26-16-9-12(2)24-10-16/h6-8,16,24H,2,9-10H2,1,3-5H3,(H,25,29)(H,26,30)/t16-/m1/s1. The molecule has 0 unspecified atom stereocenters. The second-order valence-electron chi connectivity index (χ2n) is 7.60. The Hall–Kier alpha value is -3.42. The zero-order valence-corrected chi connectivity index (χ0v) is 17.5. The molecule has 0 aliphatic carbocycles. The zero-order chi connectivity index (χ0) is 22.2. The van der Waals surface area contributed by atoms with Gasteiger partial charge in [0.1, 0.15) is 5.82 Å². The third kappa shape index (κ3) is 3.98. The lowest BCUT2D eigenvalue weighted by molar-refractivity contribution is -0.117. The molecule has 1 aliphatic rings. The van der Waals surface area contributed by atoms with E-state index in [0.717, 1.165) is 5.70 Å². The van der Waals surface area contributed by atoms with Crippen molar-refractivity contribution < 1.29 is 18.8 Å². The molecule has 0 radical (unpaired) electrons. The van der Waals surface area contributed by atoms with Crippen LogP contribution in [0.15, 0.2) is 30.5 Å².